The molecule has 0 saturated carbocycles. The van der Waals surface area contributed by atoms with Crippen LogP contribution in [0.25, 0.3) is 0 Å². The summed E-state index contributed by atoms with van der Waals surface area (Å²) < 4.78 is 16.9. The average Bonchev–Trinajstić information content (AvgIpc) is 3.28. The highest BCUT2D eigenvalue weighted by molar-refractivity contribution is 5.71. The number of carbonyl (C=O) groups excluding carboxylic acids is 3. The molecule has 0 aromatic rings. The monoisotopic (exact) mass is 889 g/mol. The van der Waals surface area contributed by atoms with Gasteiger partial charge in [0.1, 0.15) is 13.2 Å². The second kappa shape index (κ2) is 52.8. The van der Waals surface area contributed by atoms with Crippen molar-refractivity contribution in [3.05, 3.63) is 12.2 Å². The number of hydrogen-bond acceptors (Lipinski definition) is 6. The largest absolute Gasteiger partial charge is 0.462 e. The maximum Gasteiger partial charge on any atom is 0.306 e. The Morgan fingerprint density at radius 2 is 0.524 bits per heavy atom. The normalized spacial score (nSPS) is 12.0. The maximum absolute atomic E-state index is 12.8. The Hall–Kier alpha value is -1.85. The zero-order valence-electron chi connectivity index (χ0n) is 42.6. The van der Waals surface area contributed by atoms with Crippen LogP contribution in [0.2, 0.25) is 0 Å². The standard InChI is InChI=1S/C57H108O6/c1-4-7-10-13-16-19-22-25-27-28-30-32-35-38-41-44-47-50-56(59)62-53-54(52-61-55(58)49-46-43-40-37-34-31-24-21-18-15-12-9-6-3)63-57(60)51-48-45-42-39-36-33-29-26-23-20-17-14-11-8-5-2/h26,29,54H,4-25,27-28,30-53H2,1-3H3/b29-26-/t54-/m1/s1. The Bertz CT molecular complexity index is 978. The van der Waals surface area contributed by atoms with Gasteiger partial charge >= 0.3 is 17.9 Å². The van der Waals surface area contributed by atoms with Crippen LogP contribution >= 0.6 is 0 Å². The lowest BCUT2D eigenvalue weighted by Gasteiger charge is -2.18. The van der Waals surface area contributed by atoms with E-state index in [2.05, 4.69) is 32.9 Å². The first-order valence-corrected chi connectivity index (χ1v) is 28.2. The molecule has 0 aromatic carbocycles. The molecule has 0 radical (unpaired) electrons. The van der Waals surface area contributed by atoms with Gasteiger partial charge in [0.15, 0.2) is 6.10 Å². The van der Waals surface area contributed by atoms with E-state index in [0.717, 1.165) is 64.2 Å². The fourth-order valence-electron chi connectivity index (χ4n) is 8.50. The molecule has 6 nitrogen and oxygen atoms in total. The van der Waals surface area contributed by atoms with E-state index in [1.807, 2.05) is 0 Å². The van der Waals surface area contributed by atoms with Crippen LogP contribution in [-0.2, 0) is 28.6 Å². The molecule has 0 fully saturated rings. The van der Waals surface area contributed by atoms with Gasteiger partial charge in [0.25, 0.3) is 0 Å². The van der Waals surface area contributed by atoms with E-state index in [1.165, 1.54) is 212 Å². The van der Waals surface area contributed by atoms with E-state index >= 15 is 0 Å². The summed E-state index contributed by atoms with van der Waals surface area (Å²) in [5, 5.41) is 0. The van der Waals surface area contributed by atoms with Gasteiger partial charge in [-0.25, -0.2) is 0 Å². The molecular weight excluding hydrogens is 781 g/mol. The predicted molar refractivity (Wildman–Crippen MR) is 270 cm³/mol. The lowest BCUT2D eigenvalue weighted by molar-refractivity contribution is -0.167. The molecule has 0 amide bonds. The number of carbonyl (C=O) groups is 3. The van der Waals surface area contributed by atoms with Crippen LogP contribution in [0.15, 0.2) is 12.2 Å². The van der Waals surface area contributed by atoms with Crippen molar-refractivity contribution in [3.8, 4) is 0 Å². The Labute approximate surface area is 392 Å². The zero-order chi connectivity index (χ0) is 45.8. The fourth-order valence-corrected chi connectivity index (χ4v) is 8.50. The van der Waals surface area contributed by atoms with Gasteiger partial charge in [0.05, 0.1) is 0 Å². The second-order valence-corrected chi connectivity index (χ2v) is 19.2. The summed E-state index contributed by atoms with van der Waals surface area (Å²) >= 11 is 0. The number of hydrogen-bond donors (Lipinski definition) is 0. The molecule has 0 spiro atoms. The molecule has 0 aliphatic rings. The van der Waals surface area contributed by atoms with Gasteiger partial charge in [-0.1, -0.05) is 264 Å². The highest BCUT2D eigenvalue weighted by Crippen LogP contribution is 2.17. The summed E-state index contributed by atoms with van der Waals surface area (Å²) in [6.45, 7) is 6.68. The van der Waals surface area contributed by atoms with Crippen molar-refractivity contribution in [2.45, 2.75) is 322 Å². The summed E-state index contributed by atoms with van der Waals surface area (Å²) in [6, 6.07) is 0. The van der Waals surface area contributed by atoms with Gasteiger partial charge in [-0.15, -0.1) is 0 Å². The van der Waals surface area contributed by atoms with Crippen molar-refractivity contribution in [1.29, 1.82) is 0 Å². The summed E-state index contributed by atoms with van der Waals surface area (Å²) in [4.78, 5) is 38.1. The fraction of sp³-hybridized carbons (Fsp3) is 0.912. The van der Waals surface area contributed by atoms with Crippen LogP contribution < -0.4 is 0 Å². The minimum atomic E-state index is -0.768. The molecule has 0 unspecified atom stereocenters. The molecule has 0 aliphatic heterocycles. The lowest BCUT2D eigenvalue weighted by atomic mass is 10.0. The van der Waals surface area contributed by atoms with Crippen molar-refractivity contribution in [2.75, 3.05) is 13.2 Å². The molecule has 0 rings (SSSR count). The second-order valence-electron chi connectivity index (χ2n) is 19.2. The summed E-state index contributed by atoms with van der Waals surface area (Å²) in [7, 11) is 0. The molecule has 0 aromatic heterocycles. The summed E-state index contributed by atoms with van der Waals surface area (Å²) in [6.07, 6.45) is 59.1. The number of rotatable bonds is 52. The maximum atomic E-state index is 12.8. The molecule has 1 atom stereocenters. The first-order chi connectivity index (χ1) is 31.0. The van der Waals surface area contributed by atoms with Crippen LogP contribution in [0.1, 0.15) is 316 Å². The lowest BCUT2D eigenvalue weighted by Crippen LogP contribution is -2.30. The van der Waals surface area contributed by atoms with Crippen molar-refractivity contribution in [1.82, 2.24) is 0 Å². The molecule has 6 heteroatoms. The topological polar surface area (TPSA) is 78.9 Å². The molecule has 0 aliphatic carbocycles. The van der Waals surface area contributed by atoms with Crippen molar-refractivity contribution in [2.24, 2.45) is 0 Å². The van der Waals surface area contributed by atoms with Crippen molar-refractivity contribution < 1.29 is 28.6 Å². The van der Waals surface area contributed by atoms with E-state index in [1.54, 1.807) is 0 Å². The van der Waals surface area contributed by atoms with Gasteiger partial charge in [-0.3, -0.25) is 14.4 Å². The minimum absolute atomic E-state index is 0.0675. The number of ether oxygens (including phenoxy) is 3. The number of allylic oxidation sites excluding steroid dienone is 2. The molecule has 372 valence electrons. The Kier molecular flexibility index (Phi) is 51.2. The van der Waals surface area contributed by atoms with Crippen LogP contribution in [0.5, 0.6) is 0 Å². The quantitative estimate of drug-likeness (QED) is 0.0262. The Morgan fingerprint density at radius 1 is 0.302 bits per heavy atom. The van der Waals surface area contributed by atoms with E-state index in [0.29, 0.717) is 19.3 Å². The van der Waals surface area contributed by atoms with Gasteiger partial charge in [-0.05, 0) is 44.9 Å². The van der Waals surface area contributed by atoms with Crippen molar-refractivity contribution >= 4 is 17.9 Å². The third-order valence-electron chi connectivity index (χ3n) is 12.8. The van der Waals surface area contributed by atoms with Gasteiger partial charge in [-0.2, -0.15) is 0 Å². The van der Waals surface area contributed by atoms with E-state index in [9.17, 15) is 14.4 Å². The summed E-state index contributed by atoms with van der Waals surface area (Å²) in [5.74, 6) is -0.854. The zero-order valence-corrected chi connectivity index (χ0v) is 42.6. The van der Waals surface area contributed by atoms with Gasteiger partial charge in [0, 0.05) is 19.3 Å². The molecule has 0 heterocycles. The van der Waals surface area contributed by atoms with E-state index in [-0.39, 0.29) is 31.1 Å². The predicted octanol–water partition coefficient (Wildman–Crippen LogP) is 18.5. The first-order valence-electron chi connectivity index (χ1n) is 28.2. The number of esters is 3. The first kappa shape index (κ1) is 61.1. The SMILES string of the molecule is CCCCCCCC/C=C\CCCCCCCC(=O)O[C@H](COC(=O)CCCCCCCCCCCCCCC)COC(=O)CCCCCCCCCCCCCCCCCCC. The molecule has 0 saturated heterocycles. The third kappa shape index (κ3) is 51.0. The van der Waals surface area contributed by atoms with Crippen molar-refractivity contribution in [3.63, 3.8) is 0 Å². The molecule has 63 heavy (non-hydrogen) atoms. The third-order valence-corrected chi connectivity index (χ3v) is 12.8. The van der Waals surface area contributed by atoms with Crippen LogP contribution in [-0.4, -0.2) is 37.2 Å². The van der Waals surface area contributed by atoms with E-state index in [4.69, 9.17) is 14.2 Å². The molecule has 0 N–H and O–H groups in total. The van der Waals surface area contributed by atoms with Gasteiger partial charge in [0.2, 0.25) is 0 Å². The van der Waals surface area contributed by atoms with E-state index < -0.39 is 6.10 Å². The highest BCUT2D eigenvalue weighted by atomic mass is 16.6. The highest BCUT2D eigenvalue weighted by Gasteiger charge is 2.19. The Morgan fingerprint density at radius 3 is 0.794 bits per heavy atom. The van der Waals surface area contributed by atoms with Crippen LogP contribution in [0, 0.1) is 0 Å². The Balaban J connectivity index is 4.31. The summed E-state index contributed by atoms with van der Waals surface area (Å²) in [5.41, 5.74) is 0. The average molecular weight is 889 g/mol. The minimum Gasteiger partial charge on any atom is -0.462 e. The smallest absolute Gasteiger partial charge is 0.306 e. The van der Waals surface area contributed by atoms with Crippen LogP contribution in [0.3, 0.4) is 0 Å². The van der Waals surface area contributed by atoms with Gasteiger partial charge < -0.3 is 14.2 Å². The number of unbranched alkanes of at least 4 members (excludes halogenated alkanes) is 39. The molecule has 0 bridgehead atoms. The molecular formula is C57H108O6. The van der Waals surface area contributed by atoms with Crippen LogP contribution in [0.4, 0.5) is 0 Å².